The number of hydrogen-bond donors (Lipinski definition) is 2. The highest BCUT2D eigenvalue weighted by molar-refractivity contribution is 8.01. The van der Waals surface area contributed by atoms with Crippen molar-refractivity contribution >= 4 is 11.9 Å². The van der Waals surface area contributed by atoms with Crippen molar-refractivity contribution in [3.63, 3.8) is 0 Å². The Balaban J connectivity index is 2.11. The first-order chi connectivity index (χ1) is 4.43. The van der Waals surface area contributed by atoms with Gasteiger partial charge in [-0.25, -0.2) is 0 Å². The second-order valence-electron chi connectivity index (χ2n) is 2.06. The van der Waals surface area contributed by atoms with Crippen LogP contribution < -0.4 is 10.3 Å². The summed E-state index contributed by atoms with van der Waals surface area (Å²) < 4.78 is 0. The first-order valence-electron chi connectivity index (χ1n) is 3.30. The molecule has 0 spiro atoms. The Labute approximate surface area is 60.2 Å². The minimum atomic E-state index is 1.21. The van der Waals surface area contributed by atoms with Crippen molar-refractivity contribution in [2.24, 2.45) is 0 Å². The first kappa shape index (κ1) is 6.96. The number of hydrazine groups is 1. The van der Waals surface area contributed by atoms with Gasteiger partial charge in [-0.2, -0.15) is 4.83 Å². The molecule has 3 heteroatoms. The van der Waals surface area contributed by atoms with Crippen LogP contribution >= 0.6 is 11.9 Å². The van der Waals surface area contributed by atoms with Gasteiger partial charge in [0.1, 0.15) is 0 Å². The Bertz CT molecular complexity index is 112. The average Bonchev–Trinajstić information content (AvgIpc) is 2.34. The third-order valence-electron chi connectivity index (χ3n) is 1.25. The van der Waals surface area contributed by atoms with E-state index in [0.717, 1.165) is 0 Å². The lowest BCUT2D eigenvalue weighted by Gasteiger charge is -1.94. The van der Waals surface area contributed by atoms with Gasteiger partial charge in [-0.3, -0.25) is 0 Å². The molecule has 0 atom stereocenters. The number of rotatable bonds is 3. The van der Waals surface area contributed by atoms with Crippen molar-refractivity contribution in [2.45, 2.75) is 26.2 Å². The second kappa shape index (κ2) is 3.80. The average molecular weight is 144 g/mol. The highest BCUT2D eigenvalue weighted by Gasteiger charge is 2.01. The summed E-state index contributed by atoms with van der Waals surface area (Å²) in [5.74, 6) is 0. The van der Waals surface area contributed by atoms with Crippen LogP contribution in [0.2, 0.25) is 0 Å². The van der Waals surface area contributed by atoms with E-state index in [0.29, 0.717) is 0 Å². The minimum Gasteiger partial charge on any atom is -0.318 e. The largest absolute Gasteiger partial charge is 0.318 e. The lowest BCUT2D eigenvalue weighted by Crippen LogP contribution is -2.11. The van der Waals surface area contributed by atoms with Crippen molar-refractivity contribution in [1.82, 2.24) is 10.3 Å². The Hall–Kier alpha value is -0.150. The predicted molar refractivity (Wildman–Crippen MR) is 41.5 cm³/mol. The molecule has 2 N–H and O–H groups in total. The summed E-state index contributed by atoms with van der Waals surface area (Å²) in [6.45, 7) is 2.21. The summed E-state index contributed by atoms with van der Waals surface area (Å²) >= 11 is 1.68. The molecule has 0 fully saturated rings. The number of unbranched alkanes of at least 4 members (excludes halogenated alkanes) is 1. The van der Waals surface area contributed by atoms with Crippen LogP contribution in [0.1, 0.15) is 26.2 Å². The molecule has 0 unspecified atom stereocenters. The monoisotopic (exact) mass is 144 g/mol. The van der Waals surface area contributed by atoms with Crippen LogP contribution in [0.4, 0.5) is 0 Å². The SMILES string of the molecule is CCCCC1=CNNS1. The Kier molecular flexibility index (Phi) is 2.94. The Morgan fingerprint density at radius 1 is 1.67 bits per heavy atom. The normalized spacial score (nSPS) is 17.2. The second-order valence-corrected chi connectivity index (χ2v) is 3.00. The summed E-state index contributed by atoms with van der Waals surface area (Å²) in [5, 5.41) is 0. The fourth-order valence-electron chi connectivity index (χ4n) is 0.709. The molecule has 0 aliphatic carbocycles. The molecule has 0 radical (unpaired) electrons. The zero-order chi connectivity index (χ0) is 6.53. The minimum absolute atomic E-state index is 1.21. The van der Waals surface area contributed by atoms with Gasteiger partial charge in [0.05, 0.1) is 0 Å². The molecule has 0 saturated carbocycles. The number of nitrogens with one attached hydrogen (secondary N) is 2. The Morgan fingerprint density at radius 2 is 2.56 bits per heavy atom. The number of hydrogen-bond acceptors (Lipinski definition) is 3. The maximum Gasteiger partial charge on any atom is 0.0243 e. The molecule has 0 amide bonds. The van der Waals surface area contributed by atoms with E-state index in [1.165, 1.54) is 24.2 Å². The van der Waals surface area contributed by atoms with Gasteiger partial charge >= 0.3 is 0 Å². The van der Waals surface area contributed by atoms with Gasteiger partial charge in [0.25, 0.3) is 0 Å². The van der Waals surface area contributed by atoms with Crippen molar-refractivity contribution in [1.29, 1.82) is 0 Å². The van der Waals surface area contributed by atoms with Gasteiger partial charge in [-0.05, 0) is 24.8 Å². The van der Waals surface area contributed by atoms with Gasteiger partial charge in [-0.15, -0.1) is 0 Å². The molecule has 2 nitrogen and oxygen atoms in total. The third-order valence-corrected chi connectivity index (χ3v) is 2.06. The maximum atomic E-state index is 2.96. The van der Waals surface area contributed by atoms with Crippen LogP contribution in [0.25, 0.3) is 0 Å². The molecule has 0 aromatic heterocycles. The summed E-state index contributed by atoms with van der Waals surface area (Å²) in [4.78, 5) is 4.37. The summed E-state index contributed by atoms with van der Waals surface area (Å²) in [7, 11) is 0. The standard InChI is InChI=1S/C6H12N2S/c1-2-3-4-6-5-7-8-9-6/h5,7-8H,2-4H2,1H3. The van der Waals surface area contributed by atoms with Crippen LogP contribution in [0.15, 0.2) is 11.1 Å². The molecule has 1 rings (SSSR count). The van der Waals surface area contributed by atoms with Crippen molar-refractivity contribution in [2.75, 3.05) is 0 Å². The first-order valence-corrected chi connectivity index (χ1v) is 4.11. The molecule has 1 aliphatic heterocycles. The molecule has 0 aromatic rings. The topological polar surface area (TPSA) is 24.1 Å². The van der Waals surface area contributed by atoms with Gasteiger partial charge in [0, 0.05) is 11.1 Å². The summed E-state index contributed by atoms with van der Waals surface area (Å²) in [6, 6.07) is 0. The van der Waals surface area contributed by atoms with Crippen molar-refractivity contribution in [3.8, 4) is 0 Å². The molecular weight excluding hydrogens is 132 g/mol. The molecule has 0 bridgehead atoms. The lowest BCUT2D eigenvalue weighted by atomic mass is 10.2. The van der Waals surface area contributed by atoms with E-state index < -0.39 is 0 Å². The van der Waals surface area contributed by atoms with E-state index in [9.17, 15) is 0 Å². The van der Waals surface area contributed by atoms with Gasteiger partial charge in [-0.1, -0.05) is 13.3 Å². The Morgan fingerprint density at radius 3 is 3.11 bits per heavy atom. The van der Waals surface area contributed by atoms with E-state index >= 15 is 0 Å². The predicted octanol–water partition coefficient (Wildman–Crippen LogP) is 1.77. The van der Waals surface area contributed by atoms with E-state index in [-0.39, 0.29) is 0 Å². The van der Waals surface area contributed by atoms with Gasteiger partial charge < -0.3 is 5.43 Å². The molecular formula is C6H12N2S. The van der Waals surface area contributed by atoms with Crippen LogP contribution in [0, 0.1) is 0 Å². The number of allylic oxidation sites excluding steroid dienone is 1. The molecule has 52 valence electrons. The van der Waals surface area contributed by atoms with Gasteiger partial charge in [0.2, 0.25) is 0 Å². The molecule has 1 aliphatic rings. The van der Waals surface area contributed by atoms with Crippen LogP contribution in [0.5, 0.6) is 0 Å². The van der Waals surface area contributed by atoms with Crippen LogP contribution in [-0.4, -0.2) is 0 Å². The fraction of sp³-hybridized carbons (Fsp3) is 0.667. The van der Waals surface area contributed by atoms with Crippen LogP contribution in [0.3, 0.4) is 0 Å². The summed E-state index contributed by atoms with van der Waals surface area (Å²) in [6.07, 6.45) is 5.81. The van der Waals surface area contributed by atoms with E-state index in [4.69, 9.17) is 0 Å². The van der Waals surface area contributed by atoms with E-state index in [2.05, 4.69) is 17.2 Å². The van der Waals surface area contributed by atoms with Crippen LogP contribution in [-0.2, 0) is 0 Å². The highest BCUT2D eigenvalue weighted by Crippen LogP contribution is 2.19. The fourth-order valence-corrected chi connectivity index (χ4v) is 1.32. The third kappa shape index (κ3) is 2.28. The maximum absolute atomic E-state index is 2.96. The zero-order valence-corrected chi connectivity index (χ0v) is 6.42. The highest BCUT2D eigenvalue weighted by atomic mass is 32.2. The van der Waals surface area contributed by atoms with Gasteiger partial charge in [0.15, 0.2) is 0 Å². The molecule has 0 saturated heterocycles. The smallest absolute Gasteiger partial charge is 0.0243 e. The zero-order valence-electron chi connectivity index (χ0n) is 5.61. The quantitative estimate of drug-likeness (QED) is 0.590. The van der Waals surface area contributed by atoms with Crippen molar-refractivity contribution in [3.05, 3.63) is 11.1 Å². The molecule has 0 aromatic carbocycles. The lowest BCUT2D eigenvalue weighted by molar-refractivity contribution is 0.805. The van der Waals surface area contributed by atoms with Crippen molar-refractivity contribution < 1.29 is 0 Å². The summed E-state index contributed by atoms with van der Waals surface area (Å²) in [5.41, 5.74) is 2.93. The van der Waals surface area contributed by atoms with E-state index in [1.807, 2.05) is 6.20 Å². The van der Waals surface area contributed by atoms with E-state index in [1.54, 1.807) is 11.9 Å². The molecule has 9 heavy (non-hydrogen) atoms. The molecule has 1 heterocycles.